The molecule has 0 unspecified atom stereocenters. The molecule has 0 spiro atoms. The zero-order valence-electron chi connectivity index (χ0n) is 8.41. The van der Waals surface area contributed by atoms with Crippen LogP contribution in [0.4, 0.5) is 0 Å². The molecule has 1 saturated carbocycles. The number of hydrogen-bond donors (Lipinski definition) is 1. The molecule has 3 nitrogen and oxygen atoms in total. The Bertz CT molecular complexity index is 242. The van der Waals surface area contributed by atoms with Gasteiger partial charge in [0.05, 0.1) is 18.1 Å². The third-order valence-electron chi connectivity index (χ3n) is 3.54. The van der Waals surface area contributed by atoms with E-state index in [-0.39, 0.29) is 5.97 Å². The summed E-state index contributed by atoms with van der Waals surface area (Å²) >= 11 is 1.85. The Morgan fingerprint density at radius 1 is 1.29 bits per heavy atom. The lowest BCUT2D eigenvalue weighted by Crippen LogP contribution is -2.47. The second-order valence-electron chi connectivity index (χ2n) is 4.22. The molecule has 0 radical (unpaired) electrons. The summed E-state index contributed by atoms with van der Waals surface area (Å²) in [5.74, 6) is 1.69. The number of thioether (sulfide) groups is 1. The summed E-state index contributed by atoms with van der Waals surface area (Å²) < 4.78 is 4.79. The molecule has 0 aromatic carbocycles. The van der Waals surface area contributed by atoms with E-state index in [1.807, 2.05) is 11.8 Å². The number of ether oxygens (including phenoxy) is 1. The standard InChI is InChI=1S/C10H16O3S/c1-13-8(11)9(2-3-9)10(12)4-6-14-7-5-10/h12H,2-7H2,1H3. The monoisotopic (exact) mass is 216 g/mol. The average molecular weight is 216 g/mol. The van der Waals surface area contributed by atoms with E-state index < -0.39 is 11.0 Å². The summed E-state index contributed by atoms with van der Waals surface area (Å²) in [7, 11) is 1.41. The van der Waals surface area contributed by atoms with Gasteiger partial charge in [-0.2, -0.15) is 11.8 Å². The van der Waals surface area contributed by atoms with E-state index in [2.05, 4.69) is 0 Å². The molecular weight excluding hydrogens is 200 g/mol. The van der Waals surface area contributed by atoms with Crippen molar-refractivity contribution in [2.24, 2.45) is 5.41 Å². The minimum absolute atomic E-state index is 0.216. The summed E-state index contributed by atoms with van der Waals surface area (Å²) in [6.45, 7) is 0. The minimum atomic E-state index is -0.786. The van der Waals surface area contributed by atoms with Gasteiger partial charge in [-0.3, -0.25) is 4.79 Å². The highest BCUT2D eigenvalue weighted by Gasteiger charge is 2.64. The second kappa shape index (κ2) is 3.42. The molecule has 80 valence electrons. The Balaban J connectivity index is 2.15. The molecule has 4 heteroatoms. The van der Waals surface area contributed by atoms with Gasteiger partial charge in [0.25, 0.3) is 0 Å². The van der Waals surface area contributed by atoms with Gasteiger partial charge in [-0.15, -0.1) is 0 Å². The van der Waals surface area contributed by atoms with Crippen molar-refractivity contribution in [1.82, 2.24) is 0 Å². The van der Waals surface area contributed by atoms with Crippen LogP contribution in [0.1, 0.15) is 25.7 Å². The van der Waals surface area contributed by atoms with Crippen LogP contribution in [-0.2, 0) is 9.53 Å². The van der Waals surface area contributed by atoms with E-state index in [4.69, 9.17) is 4.74 Å². The quantitative estimate of drug-likeness (QED) is 0.704. The highest BCUT2D eigenvalue weighted by atomic mass is 32.2. The van der Waals surface area contributed by atoms with Crippen LogP contribution >= 0.6 is 11.8 Å². The van der Waals surface area contributed by atoms with E-state index in [9.17, 15) is 9.90 Å². The lowest BCUT2D eigenvalue weighted by atomic mass is 9.79. The van der Waals surface area contributed by atoms with Gasteiger partial charge < -0.3 is 9.84 Å². The molecule has 1 N–H and O–H groups in total. The molecule has 2 aliphatic rings. The van der Waals surface area contributed by atoms with Crippen LogP contribution < -0.4 is 0 Å². The van der Waals surface area contributed by atoms with Gasteiger partial charge in [-0.25, -0.2) is 0 Å². The summed E-state index contributed by atoms with van der Waals surface area (Å²) in [6.07, 6.45) is 3.04. The summed E-state index contributed by atoms with van der Waals surface area (Å²) in [6, 6.07) is 0. The van der Waals surface area contributed by atoms with Crippen molar-refractivity contribution >= 4 is 17.7 Å². The summed E-state index contributed by atoms with van der Waals surface area (Å²) in [4.78, 5) is 11.6. The molecule has 2 rings (SSSR count). The Hall–Kier alpha value is -0.220. The first kappa shape index (κ1) is 10.3. The summed E-state index contributed by atoms with van der Waals surface area (Å²) in [5, 5.41) is 10.4. The van der Waals surface area contributed by atoms with Crippen LogP contribution in [0.5, 0.6) is 0 Å². The zero-order valence-corrected chi connectivity index (χ0v) is 9.23. The smallest absolute Gasteiger partial charge is 0.314 e. The Labute approximate surface area is 88.2 Å². The molecule has 0 aromatic heterocycles. The van der Waals surface area contributed by atoms with Gasteiger partial charge in [0.2, 0.25) is 0 Å². The normalized spacial score (nSPS) is 28.1. The van der Waals surface area contributed by atoms with Gasteiger partial charge >= 0.3 is 5.97 Å². The van der Waals surface area contributed by atoms with E-state index in [1.165, 1.54) is 7.11 Å². The topological polar surface area (TPSA) is 46.5 Å². The third-order valence-corrected chi connectivity index (χ3v) is 4.52. The Kier molecular flexibility index (Phi) is 2.52. The van der Waals surface area contributed by atoms with Crippen molar-refractivity contribution < 1.29 is 14.6 Å². The maximum absolute atomic E-state index is 11.6. The number of rotatable bonds is 2. The number of aliphatic hydroxyl groups is 1. The van der Waals surface area contributed by atoms with Gasteiger partial charge in [0, 0.05) is 0 Å². The van der Waals surface area contributed by atoms with Crippen LogP contribution in [0.2, 0.25) is 0 Å². The Morgan fingerprint density at radius 3 is 2.29 bits per heavy atom. The molecule has 1 heterocycles. The maximum Gasteiger partial charge on any atom is 0.314 e. The summed E-state index contributed by atoms with van der Waals surface area (Å²) in [5.41, 5.74) is -1.34. The van der Waals surface area contributed by atoms with E-state index in [0.29, 0.717) is 0 Å². The first-order valence-corrected chi connectivity index (χ1v) is 6.19. The molecule has 1 aliphatic heterocycles. The van der Waals surface area contributed by atoms with Crippen LogP contribution in [0.3, 0.4) is 0 Å². The molecule has 0 aromatic rings. The van der Waals surface area contributed by atoms with E-state index in [0.717, 1.165) is 37.2 Å². The Morgan fingerprint density at radius 2 is 1.86 bits per heavy atom. The number of esters is 1. The van der Waals surface area contributed by atoms with Gasteiger partial charge in [-0.05, 0) is 37.2 Å². The molecule has 0 bridgehead atoms. The number of carbonyl (C=O) groups is 1. The third kappa shape index (κ3) is 1.36. The predicted molar refractivity (Wildman–Crippen MR) is 55.2 cm³/mol. The number of methoxy groups -OCH3 is 1. The van der Waals surface area contributed by atoms with Crippen molar-refractivity contribution in [2.75, 3.05) is 18.6 Å². The van der Waals surface area contributed by atoms with Crippen molar-refractivity contribution in [3.63, 3.8) is 0 Å². The van der Waals surface area contributed by atoms with Crippen molar-refractivity contribution in [1.29, 1.82) is 0 Å². The van der Waals surface area contributed by atoms with Crippen molar-refractivity contribution in [2.45, 2.75) is 31.3 Å². The van der Waals surface area contributed by atoms with Crippen LogP contribution in [0, 0.1) is 5.41 Å². The minimum Gasteiger partial charge on any atom is -0.469 e. The molecular formula is C10H16O3S. The number of carbonyl (C=O) groups excluding carboxylic acids is 1. The average Bonchev–Trinajstić information content (AvgIpc) is 2.99. The molecule has 0 amide bonds. The van der Waals surface area contributed by atoms with Gasteiger partial charge in [0.1, 0.15) is 0 Å². The fraction of sp³-hybridized carbons (Fsp3) is 0.900. The zero-order chi connectivity index (χ0) is 10.2. The van der Waals surface area contributed by atoms with Gasteiger partial charge in [-0.1, -0.05) is 0 Å². The van der Waals surface area contributed by atoms with E-state index >= 15 is 0 Å². The molecule has 2 fully saturated rings. The largest absolute Gasteiger partial charge is 0.469 e. The molecule has 0 atom stereocenters. The predicted octanol–water partition coefficient (Wildman–Crippen LogP) is 1.20. The maximum atomic E-state index is 11.6. The first-order chi connectivity index (χ1) is 6.65. The van der Waals surface area contributed by atoms with Gasteiger partial charge in [0.15, 0.2) is 0 Å². The SMILES string of the molecule is COC(=O)C1(C2(O)CCSCC2)CC1. The second-order valence-corrected chi connectivity index (χ2v) is 5.44. The number of hydrogen-bond acceptors (Lipinski definition) is 4. The van der Waals surface area contributed by atoms with Crippen molar-refractivity contribution in [3.8, 4) is 0 Å². The lowest BCUT2D eigenvalue weighted by molar-refractivity contribution is -0.160. The fourth-order valence-electron chi connectivity index (χ4n) is 2.37. The van der Waals surface area contributed by atoms with Crippen LogP contribution in [0.15, 0.2) is 0 Å². The molecule has 1 aliphatic carbocycles. The fourth-order valence-corrected chi connectivity index (χ4v) is 3.54. The molecule has 1 saturated heterocycles. The highest BCUT2D eigenvalue weighted by Crippen LogP contribution is 2.58. The van der Waals surface area contributed by atoms with Crippen LogP contribution in [0.25, 0.3) is 0 Å². The van der Waals surface area contributed by atoms with E-state index in [1.54, 1.807) is 0 Å². The molecule has 14 heavy (non-hydrogen) atoms. The van der Waals surface area contributed by atoms with Crippen LogP contribution in [-0.4, -0.2) is 35.3 Å². The lowest BCUT2D eigenvalue weighted by Gasteiger charge is -2.37. The first-order valence-electron chi connectivity index (χ1n) is 5.03. The van der Waals surface area contributed by atoms with Crippen molar-refractivity contribution in [3.05, 3.63) is 0 Å². The highest BCUT2D eigenvalue weighted by molar-refractivity contribution is 7.99.